The van der Waals surface area contributed by atoms with Gasteiger partial charge in [0, 0.05) is 18.2 Å². The average Bonchev–Trinajstić information content (AvgIpc) is 2.86. The molecule has 96 valence electrons. The fourth-order valence-electron chi connectivity index (χ4n) is 2.00. The molecule has 0 atom stereocenters. The van der Waals surface area contributed by atoms with Crippen LogP contribution < -0.4 is 15.2 Å². The second kappa shape index (κ2) is 4.61. The van der Waals surface area contributed by atoms with E-state index in [-0.39, 0.29) is 11.4 Å². The average molecular weight is 256 g/mol. The van der Waals surface area contributed by atoms with Crippen LogP contribution >= 0.6 is 0 Å². The van der Waals surface area contributed by atoms with Crippen molar-refractivity contribution < 1.29 is 14.3 Å². The van der Waals surface area contributed by atoms with Crippen molar-refractivity contribution in [2.75, 3.05) is 6.61 Å². The SMILES string of the molecule is NC(=O)c1cccnc1Oc1ccc2c(c1)CCO2. The van der Waals surface area contributed by atoms with Gasteiger partial charge >= 0.3 is 0 Å². The predicted molar refractivity (Wildman–Crippen MR) is 68.5 cm³/mol. The van der Waals surface area contributed by atoms with Crippen LogP contribution in [-0.2, 0) is 6.42 Å². The number of nitrogens with two attached hydrogens (primary N) is 1. The zero-order valence-electron chi connectivity index (χ0n) is 10.1. The first-order chi connectivity index (χ1) is 9.24. The maximum atomic E-state index is 11.3. The quantitative estimate of drug-likeness (QED) is 0.910. The molecule has 0 radical (unpaired) electrons. The summed E-state index contributed by atoms with van der Waals surface area (Å²) in [6, 6.07) is 8.75. The Balaban J connectivity index is 1.91. The van der Waals surface area contributed by atoms with Gasteiger partial charge in [-0.3, -0.25) is 4.79 Å². The highest BCUT2D eigenvalue weighted by molar-refractivity contribution is 5.95. The van der Waals surface area contributed by atoms with Gasteiger partial charge in [0.15, 0.2) is 0 Å². The van der Waals surface area contributed by atoms with E-state index in [4.69, 9.17) is 15.2 Å². The Morgan fingerprint density at radius 3 is 3.11 bits per heavy atom. The van der Waals surface area contributed by atoms with E-state index >= 15 is 0 Å². The lowest BCUT2D eigenvalue weighted by atomic mass is 10.1. The molecule has 0 saturated heterocycles. The standard InChI is InChI=1S/C14H12N2O3/c15-13(17)11-2-1-6-16-14(11)19-10-3-4-12-9(8-10)5-7-18-12/h1-4,6,8H,5,7H2,(H2,15,17). The molecule has 5 heteroatoms. The van der Waals surface area contributed by atoms with Crippen LogP contribution in [0.1, 0.15) is 15.9 Å². The molecule has 0 bridgehead atoms. The van der Waals surface area contributed by atoms with E-state index in [0.29, 0.717) is 12.4 Å². The first-order valence-electron chi connectivity index (χ1n) is 5.92. The number of carbonyl (C=O) groups is 1. The minimum atomic E-state index is -0.562. The van der Waals surface area contributed by atoms with Crippen LogP contribution in [0.25, 0.3) is 0 Å². The number of aromatic nitrogens is 1. The van der Waals surface area contributed by atoms with Crippen LogP contribution in [0.3, 0.4) is 0 Å². The summed E-state index contributed by atoms with van der Waals surface area (Å²) in [5.74, 6) is 1.15. The lowest BCUT2D eigenvalue weighted by Gasteiger charge is -2.08. The molecule has 0 fully saturated rings. The smallest absolute Gasteiger partial charge is 0.254 e. The van der Waals surface area contributed by atoms with Gasteiger partial charge in [0.1, 0.15) is 17.1 Å². The van der Waals surface area contributed by atoms with Gasteiger partial charge in [-0.15, -0.1) is 0 Å². The van der Waals surface area contributed by atoms with E-state index in [1.165, 1.54) is 0 Å². The number of primary amides is 1. The zero-order valence-corrected chi connectivity index (χ0v) is 10.1. The Morgan fingerprint density at radius 1 is 1.37 bits per heavy atom. The Kier molecular flexibility index (Phi) is 2.79. The minimum Gasteiger partial charge on any atom is -0.493 e. The number of ether oxygens (including phenoxy) is 2. The number of hydrogen-bond acceptors (Lipinski definition) is 4. The lowest BCUT2D eigenvalue weighted by molar-refractivity contribution is 0.0997. The normalized spacial score (nSPS) is 12.6. The van der Waals surface area contributed by atoms with Gasteiger partial charge in [0.25, 0.3) is 5.91 Å². The van der Waals surface area contributed by atoms with Gasteiger partial charge in [-0.25, -0.2) is 4.98 Å². The molecular weight excluding hydrogens is 244 g/mol. The van der Waals surface area contributed by atoms with E-state index in [1.807, 2.05) is 12.1 Å². The Morgan fingerprint density at radius 2 is 2.26 bits per heavy atom. The monoisotopic (exact) mass is 256 g/mol. The van der Waals surface area contributed by atoms with Gasteiger partial charge in [-0.2, -0.15) is 0 Å². The maximum absolute atomic E-state index is 11.3. The molecule has 19 heavy (non-hydrogen) atoms. The van der Waals surface area contributed by atoms with Crippen LogP contribution in [0.15, 0.2) is 36.5 Å². The van der Waals surface area contributed by atoms with E-state index in [0.717, 1.165) is 17.7 Å². The zero-order chi connectivity index (χ0) is 13.2. The van der Waals surface area contributed by atoms with E-state index in [2.05, 4.69) is 4.98 Å². The predicted octanol–water partition coefficient (Wildman–Crippen LogP) is 1.91. The van der Waals surface area contributed by atoms with Crippen molar-refractivity contribution in [3.8, 4) is 17.4 Å². The molecule has 5 nitrogen and oxygen atoms in total. The molecule has 1 amide bonds. The van der Waals surface area contributed by atoms with Crippen LogP contribution in [0.2, 0.25) is 0 Å². The van der Waals surface area contributed by atoms with Crippen molar-refractivity contribution in [2.45, 2.75) is 6.42 Å². The van der Waals surface area contributed by atoms with E-state index < -0.39 is 5.91 Å². The van der Waals surface area contributed by atoms with Crippen LogP contribution in [0, 0.1) is 0 Å². The molecule has 0 spiro atoms. The summed E-state index contributed by atoms with van der Waals surface area (Å²) in [6.07, 6.45) is 2.41. The molecule has 2 aromatic rings. The van der Waals surface area contributed by atoms with Gasteiger partial charge in [0.2, 0.25) is 5.88 Å². The lowest BCUT2D eigenvalue weighted by Crippen LogP contribution is -2.12. The molecule has 1 aromatic carbocycles. The molecule has 1 aromatic heterocycles. The largest absolute Gasteiger partial charge is 0.493 e. The molecule has 1 aliphatic heterocycles. The molecule has 3 rings (SSSR count). The summed E-state index contributed by atoms with van der Waals surface area (Å²) in [7, 11) is 0. The fraction of sp³-hybridized carbons (Fsp3) is 0.143. The highest BCUT2D eigenvalue weighted by Gasteiger charge is 2.15. The molecule has 0 aliphatic carbocycles. The van der Waals surface area contributed by atoms with Crippen molar-refractivity contribution in [3.63, 3.8) is 0 Å². The summed E-state index contributed by atoms with van der Waals surface area (Å²) < 4.78 is 11.0. The summed E-state index contributed by atoms with van der Waals surface area (Å²) in [6.45, 7) is 0.689. The van der Waals surface area contributed by atoms with Crippen LogP contribution in [0.5, 0.6) is 17.4 Å². The van der Waals surface area contributed by atoms with E-state index in [9.17, 15) is 4.79 Å². The summed E-state index contributed by atoms with van der Waals surface area (Å²) in [5, 5.41) is 0. The second-order valence-corrected chi connectivity index (χ2v) is 4.19. The second-order valence-electron chi connectivity index (χ2n) is 4.19. The van der Waals surface area contributed by atoms with Crippen molar-refractivity contribution in [2.24, 2.45) is 5.73 Å². The highest BCUT2D eigenvalue weighted by atomic mass is 16.5. The molecular formula is C14H12N2O3. The van der Waals surface area contributed by atoms with Gasteiger partial charge in [-0.05, 0) is 30.3 Å². The number of benzene rings is 1. The van der Waals surface area contributed by atoms with Crippen molar-refractivity contribution in [1.82, 2.24) is 4.98 Å². The first-order valence-corrected chi connectivity index (χ1v) is 5.92. The minimum absolute atomic E-state index is 0.217. The van der Waals surface area contributed by atoms with Gasteiger partial charge in [0.05, 0.1) is 6.61 Å². The summed E-state index contributed by atoms with van der Waals surface area (Å²) in [5.41, 5.74) is 6.63. The number of nitrogens with zero attached hydrogens (tertiary/aromatic N) is 1. The van der Waals surface area contributed by atoms with Crippen LogP contribution in [0.4, 0.5) is 0 Å². The third kappa shape index (κ3) is 2.22. The number of fused-ring (bicyclic) bond motifs is 1. The van der Waals surface area contributed by atoms with Crippen LogP contribution in [-0.4, -0.2) is 17.5 Å². The van der Waals surface area contributed by atoms with Gasteiger partial charge < -0.3 is 15.2 Å². The van der Waals surface area contributed by atoms with E-state index in [1.54, 1.807) is 24.4 Å². The maximum Gasteiger partial charge on any atom is 0.254 e. The third-order valence-electron chi connectivity index (χ3n) is 2.91. The Hall–Kier alpha value is -2.56. The summed E-state index contributed by atoms with van der Waals surface area (Å²) in [4.78, 5) is 15.3. The van der Waals surface area contributed by atoms with Crippen molar-refractivity contribution >= 4 is 5.91 Å². The van der Waals surface area contributed by atoms with Crippen molar-refractivity contribution in [3.05, 3.63) is 47.7 Å². The van der Waals surface area contributed by atoms with Gasteiger partial charge in [-0.1, -0.05) is 0 Å². The number of carbonyl (C=O) groups excluding carboxylic acids is 1. The fourth-order valence-corrected chi connectivity index (χ4v) is 2.00. The highest BCUT2D eigenvalue weighted by Crippen LogP contribution is 2.31. The molecule has 2 heterocycles. The Bertz CT molecular complexity index is 640. The third-order valence-corrected chi connectivity index (χ3v) is 2.91. The van der Waals surface area contributed by atoms with Crippen molar-refractivity contribution in [1.29, 1.82) is 0 Å². The summed E-state index contributed by atoms with van der Waals surface area (Å²) >= 11 is 0. The topological polar surface area (TPSA) is 74.4 Å². The molecule has 0 unspecified atom stereocenters. The number of pyridine rings is 1. The molecule has 1 aliphatic rings. The number of hydrogen-bond donors (Lipinski definition) is 1. The number of amides is 1. The first kappa shape index (κ1) is 11.5. The molecule has 0 saturated carbocycles. The number of rotatable bonds is 3. The Labute approximate surface area is 110 Å². The molecule has 2 N–H and O–H groups in total.